The first-order valence-corrected chi connectivity index (χ1v) is 8.28. The first kappa shape index (κ1) is 14.6. The molecule has 0 unspecified atom stereocenters. The van der Waals surface area contributed by atoms with Gasteiger partial charge in [0.25, 0.3) is 0 Å². The van der Waals surface area contributed by atoms with E-state index in [2.05, 4.69) is 14.7 Å². The van der Waals surface area contributed by atoms with Crippen LogP contribution in [0.15, 0.2) is 59.9 Å². The van der Waals surface area contributed by atoms with Gasteiger partial charge in [0.2, 0.25) is 10.0 Å². The average Bonchev–Trinajstić information content (AvgIpc) is 2.54. The number of aromatic nitrogens is 2. The Kier molecular flexibility index (Phi) is 3.87. The van der Waals surface area contributed by atoms with E-state index in [0.717, 1.165) is 22.0 Å². The molecule has 0 amide bonds. The molecule has 2 aromatic heterocycles. The number of sulfonamides is 1. The molecule has 22 heavy (non-hydrogen) atoms. The fraction of sp³-hybridized carbons (Fsp3) is 0.125. The fourth-order valence-corrected chi connectivity index (χ4v) is 3.14. The van der Waals surface area contributed by atoms with Gasteiger partial charge in [-0.2, -0.15) is 0 Å². The van der Waals surface area contributed by atoms with Gasteiger partial charge in [-0.3, -0.25) is 9.97 Å². The fourth-order valence-electron chi connectivity index (χ4n) is 2.15. The summed E-state index contributed by atoms with van der Waals surface area (Å²) in [5.41, 5.74) is 2.61. The normalized spacial score (nSPS) is 11.7. The zero-order valence-electron chi connectivity index (χ0n) is 12.0. The van der Waals surface area contributed by atoms with E-state index in [9.17, 15) is 8.42 Å². The number of benzene rings is 1. The van der Waals surface area contributed by atoms with Crippen LogP contribution in [0, 0.1) is 6.92 Å². The highest BCUT2D eigenvalue weighted by Gasteiger charge is 2.15. The van der Waals surface area contributed by atoms with Crippen molar-refractivity contribution in [3.8, 4) is 0 Å². The quantitative estimate of drug-likeness (QED) is 0.803. The van der Waals surface area contributed by atoms with E-state index < -0.39 is 10.0 Å². The van der Waals surface area contributed by atoms with Gasteiger partial charge in [0.05, 0.1) is 5.52 Å². The second-order valence-electron chi connectivity index (χ2n) is 4.99. The van der Waals surface area contributed by atoms with Gasteiger partial charge >= 0.3 is 0 Å². The minimum Gasteiger partial charge on any atom is -0.264 e. The van der Waals surface area contributed by atoms with Crippen molar-refractivity contribution in [3.63, 3.8) is 0 Å². The molecule has 0 radical (unpaired) electrons. The molecule has 0 spiro atoms. The minimum absolute atomic E-state index is 0.165. The lowest BCUT2D eigenvalue weighted by Crippen LogP contribution is -2.23. The number of nitrogens with zero attached hydrogens (tertiary/aromatic N) is 2. The molecule has 0 aliphatic rings. The van der Waals surface area contributed by atoms with Crippen molar-refractivity contribution in [2.24, 2.45) is 0 Å². The number of hydrogen-bond acceptors (Lipinski definition) is 4. The van der Waals surface area contributed by atoms with Crippen molar-refractivity contribution >= 4 is 20.9 Å². The van der Waals surface area contributed by atoms with Gasteiger partial charge in [-0.1, -0.05) is 18.2 Å². The van der Waals surface area contributed by atoms with Gasteiger partial charge in [-0.25, -0.2) is 13.1 Å². The Hall–Kier alpha value is -2.31. The summed E-state index contributed by atoms with van der Waals surface area (Å²) >= 11 is 0. The summed E-state index contributed by atoms with van der Waals surface area (Å²) in [6, 6.07) is 10.8. The maximum Gasteiger partial charge on any atom is 0.242 e. The molecule has 0 aliphatic carbocycles. The second kappa shape index (κ2) is 5.82. The van der Waals surface area contributed by atoms with Gasteiger partial charge in [0.1, 0.15) is 4.90 Å². The second-order valence-corrected chi connectivity index (χ2v) is 6.76. The number of aryl methyl sites for hydroxylation is 1. The predicted octanol–water partition coefficient (Wildman–Crippen LogP) is 2.42. The molecule has 1 aromatic carbocycles. The Morgan fingerprint density at radius 3 is 2.77 bits per heavy atom. The third-order valence-corrected chi connectivity index (χ3v) is 4.83. The Morgan fingerprint density at radius 2 is 1.95 bits per heavy atom. The molecule has 3 rings (SSSR count). The van der Waals surface area contributed by atoms with Crippen molar-refractivity contribution in [2.45, 2.75) is 18.4 Å². The number of hydrogen-bond donors (Lipinski definition) is 1. The monoisotopic (exact) mass is 313 g/mol. The Bertz CT molecular complexity index is 923. The third-order valence-electron chi connectivity index (χ3n) is 3.46. The summed E-state index contributed by atoms with van der Waals surface area (Å²) < 4.78 is 27.4. The lowest BCUT2D eigenvalue weighted by molar-refractivity contribution is 0.581. The number of pyridine rings is 2. The van der Waals surface area contributed by atoms with Crippen LogP contribution < -0.4 is 4.72 Å². The number of para-hydroxylation sites is 1. The van der Waals surface area contributed by atoms with Crippen LogP contribution >= 0.6 is 0 Å². The maximum atomic E-state index is 12.4. The number of fused-ring (bicyclic) bond motifs is 1. The van der Waals surface area contributed by atoms with Gasteiger partial charge in [-0.15, -0.1) is 0 Å². The molecule has 0 fully saturated rings. The van der Waals surface area contributed by atoms with Crippen molar-refractivity contribution in [1.29, 1.82) is 0 Å². The molecule has 2 heterocycles. The van der Waals surface area contributed by atoms with Crippen LogP contribution in [-0.4, -0.2) is 18.4 Å². The number of rotatable bonds is 4. The Morgan fingerprint density at radius 1 is 1.14 bits per heavy atom. The summed E-state index contributed by atoms with van der Waals surface area (Å²) in [4.78, 5) is 8.35. The first-order valence-electron chi connectivity index (χ1n) is 6.80. The van der Waals surface area contributed by atoms with Gasteiger partial charge in [0.15, 0.2) is 0 Å². The molecule has 5 nitrogen and oxygen atoms in total. The van der Waals surface area contributed by atoms with E-state index in [1.54, 1.807) is 24.5 Å². The Labute approximate surface area is 129 Å². The van der Waals surface area contributed by atoms with Gasteiger partial charge in [-0.05, 0) is 36.2 Å². The van der Waals surface area contributed by atoms with Crippen LogP contribution in [0.5, 0.6) is 0 Å². The summed E-state index contributed by atoms with van der Waals surface area (Å²) in [6.45, 7) is 2.12. The van der Waals surface area contributed by atoms with E-state index in [4.69, 9.17) is 0 Å². The topological polar surface area (TPSA) is 72.0 Å². The predicted molar refractivity (Wildman–Crippen MR) is 84.7 cm³/mol. The average molecular weight is 313 g/mol. The van der Waals surface area contributed by atoms with Gasteiger partial charge in [0, 0.05) is 30.5 Å². The van der Waals surface area contributed by atoms with E-state index in [-0.39, 0.29) is 11.4 Å². The lowest BCUT2D eigenvalue weighted by atomic mass is 10.2. The molecule has 3 aromatic rings. The van der Waals surface area contributed by atoms with Crippen molar-refractivity contribution in [2.75, 3.05) is 0 Å². The summed E-state index contributed by atoms with van der Waals surface area (Å²) in [5.74, 6) is 0. The van der Waals surface area contributed by atoms with E-state index in [0.29, 0.717) is 0 Å². The lowest BCUT2D eigenvalue weighted by Gasteiger charge is -2.09. The van der Waals surface area contributed by atoms with Gasteiger partial charge < -0.3 is 0 Å². The molecule has 0 saturated heterocycles. The molecule has 6 heteroatoms. The van der Waals surface area contributed by atoms with Crippen LogP contribution in [-0.2, 0) is 16.6 Å². The maximum absolute atomic E-state index is 12.4. The molecule has 0 atom stereocenters. The van der Waals surface area contributed by atoms with E-state index in [1.165, 1.54) is 6.20 Å². The summed E-state index contributed by atoms with van der Waals surface area (Å²) in [5, 5.41) is 0.797. The smallest absolute Gasteiger partial charge is 0.242 e. The molecular formula is C16H15N3O2S. The molecule has 0 saturated carbocycles. The highest BCUT2D eigenvalue weighted by atomic mass is 32.2. The highest BCUT2D eigenvalue weighted by molar-refractivity contribution is 7.89. The SMILES string of the molecule is Cc1cnccc1CNS(=O)(=O)c1cnc2ccccc2c1. The zero-order valence-corrected chi connectivity index (χ0v) is 12.8. The minimum atomic E-state index is -3.60. The van der Waals surface area contributed by atoms with Crippen LogP contribution in [0.1, 0.15) is 11.1 Å². The molecule has 1 N–H and O–H groups in total. The highest BCUT2D eigenvalue weighted by Crippen LogP contribution is 2.16. The van der Waals surface area contributed by atoms with Crippen LogP contribution in [0.3, 0.4) is 0 Å². The standard InChI is InChI=1S/C16H15N3O2S/c1-12-9-17-7-6-14(12)10-19-22(20,21)15-8-13-4-2-3-5-16(13)18-11-15/h2-9,11,19H,10H2,1H3. The largest absolute Gasteiger partial charge is 0.264 e. The summed E-state index contributed by atoms with van der Waals surface area (Å²) in [7, 11) is -3.60. The Balaban J connectivity index is 1.87. The molecular weight excluding hydrogens is 298 g/mol. The van der Waals surface area contributed by atoms with Crippen LogP contribution in [0.2, 0.25) is 0 Å². The van der Waals surface area contributed by atoms with Crippen molar-refractivity contribution < 1.29 is 8.42 Å². The zero-order chi connectivity index (χ0) is 15.6. The summed E-state index contributed by atoms with van der Waals surface area (Å²) in [6.07, 6.45) is 4.74. The van der Waals surface area contributed by atoms with Crippen molar-refractivity contribution in [3.05, 3.63) is 66.1 Å². The molecule has 0 bridgehead atoms. The van der Waals surface area contributed by atoms with E-state index in [1.807, 2.05) is 31.2 Å². The van der Waals surface area contributed by atoms with Crippen molar-refractivity contribution in [1.82, 2.24) is 14.7 Å². The van der Waals surface area contributed by atoms with Crippen LogP contribution in [0.4, 0.5) is 0 Å². The molecule has 112 valence electrons. The molecule has 0 aliphatic heterocycles. The number of nitrogens with one attached hydrogen (secondary N) is 1. The third kappa shape index (κ3) is 2.98. The van der Waals surface area contributed by atoms with E-state index >= 15 is 0 Å². The van der Waals surface area contributed by atoms with Crippen LogP contribution in [0.25, 0.3) is 10.9 Å². The first-order chi connectivity index (χ1) is 10.6.